The molecule has 0 bridgehead atoms. The van der Waals surface area contributed by atoms with Crippen molar-refractivity contribution >= 4 is 22.7 Å². The summed E-state index contributed by atoms with van der Waals surface area (Å²) in [5.74, 6) is 0.180. The summed E-state index contributed by atoms with van der Waals surface area (Å²) in [7, 11) is 0. The average molecular weight is 380 g/mol. The largest absolute Gasteiger partial charge is 0.352 e. The molecule has 4 rings (SSSR count). The highest BCUT2D eigenvalue weighted by molar-refractivity contribution is 5.79. The monoisotopic (exact) mass is 380 g/mol. The normalized spacial score (nSPS) is 21.9. The van der Waals surface area contributed by atoms with Crippen LogP contribution in [0.3, 0.4) is 0 Å². The number of rotatable bonds is 3. The van der Waals surface area contributed by atoms with Crippen LogP contribution in [-0.2, 0) is 16.1 Å². The number of hydrogen-bond acceptors (Lipinski definition) is 4. The van der Waals surface area contributed by atoms with Crippen molar-refractivity contribution in [2.75, 3.05) is 19.6 Å². The number of carbonyl (C=O) groups is 2. The third kappa shape index (κ3) is 3.74. The van der Waals surface area contributed by atoms with Crippen LogP contribution in [0.2, 0.25) is 0 Å². The molecule has 2 aromatic rings. The SMILES string of the molecule is CC(=O)N[C@H]1CN(Cc2ccc3ncccc3c2)C2(CCN(C(C)=O)CC2)C1. The van der Waals surface area contributed by atoms with Gasteiger partial charge in [0, 0.05) is 63.2 Å². The summed E-state index contributed by atoms with van der Waals surface area (Å²) in [6, 6.07) is 10.7. The van der Waals surface area contributed by atoms with Gasteiger partial charge in [-0.25, -0.2) is 0 Å². The van der Waals surface area contributed by atoms with Crippen LogP contribution in [-0.4, -0.2) is 57.8 Å². The van der Waals surface area contributed by atoms with Crippen molar-refractivity contribution in [1.82, 2.24) is 20.1 Å². The number of pyridine rings is 1. The van der Waals surface area contributed by atoms with Crippen molar-refractivity contribution < 1.29 is 9.59 Å². The molecule has 3 heterocycles. The van der Waals surface area contributed by atoms with Gasteiger partial charge in [0.25, 0.3) is 0 Å². The Morgan fingerprint density at radius 2 is 2.00 bits per heavy atom. The van der Waals surface area contributed by atoms with Gasteiger partial charge in [0.05, 0.1) is 5.52 Å². The quantitative estimate of drug-likeness (QED) is 0.888. The summed E-state index contributed by atoms with van der Waals surface area (Å²) in [4.78, 5) is 32.3. The molecule has 1 spiro atoms. The first-order chi connectivity index (χ1) is 13.4. The first-order valence-corrected chi connectivity index (χ1v) is 10.1. The van der Waals surface area contributed by atoms with E-state index < -0.39 is 0 Å². The van der Waals surface area contributed by atoms with Crippen molar-refractivity contribution in [3.63, 3.8) is 0 Å². The van der Waals surface area contributed by atoms with E-state index in [9.17, 15) is 9.59 Å². The summed E-state index contributed by atoms with van der Waals surface area (Å²) in [5.41, 5.74) is 2.31. The van der Waals surface area contributed by atoms with Crippen LogP contribution in [0.4, 0.5) is 0 Å². The van der Waals surface area contributed by atoms with Crippen molar-refractivity contribution in [2.45, 2.75) is 51.2 Å². The Kier molecular flexibility index (Phi) is 5.06. The molecule has 1 aromatic carbocycles. The number of nitrogens with zero attached hydrogens (tertiary/aromatic N) is 3. The van der Waals surface area contributed by atoms with Crippen molar-refractivity contribution in [3.8, 4) is 0 Å². The minimum Gasteiger partial charge on any atom is -0.352 e. The molecule has 6 heteroatoms. The predicted molar refractivity (Wildman–Crippen MR) is 109 cm³/mol. The van der Waals surface area contributed by atoms with E-state index in [1.165, 1.54) is 5.56 Å². The summed E-state index contributed by atoms with van der Waals surface area (Å²) < 4.78 is 0. The van der Waals surface area contributed by atoms with E-state index in [4.69, 9.17) is 0 Å². The van der Waals surface area contributed by atoms with Crippen LogP contribution >= 0.6 is 0 Å². The fourth-order valence-electron chi connectivity index (χ4n) is 4.93. The molecule has 2 fully saturated rings. The number of amides is 2. The van der Waals surface area contributed by atoms with E-state index in [1.807, 2.05) is 17.2 Å². The number of hydrogen-bond donors (Lipinski definition) is 1. The van der Waals surface area contributed by atoms with E-state index in [0.717, 1.165) is 56.3 Å². The molecule has 2 amide bonds. The highest BCUT2D eigenvalue weighted by Crippen LogP contribution is 2.39. The third-order valence-electron chi connectivity index (χ3n) is 6.33. The topological polar surface area (TPSA) is 65.5 Å². The molecular weight excluding hydrogens is 352 g/mol. The van der Waals surface area contributed by atoms with Gasteiger partial charge in [0.15, 0.2) is 0 Å². The summed E-state index contributed by atoms with van der Waals surface area (Å²) in [6.45, 7) is 6.52. The predicted octanol–water partition coefficient (Wildman–Crippen LogP) is 2.33. The minimum atomic E-state index is 0.0277. The molecule has 1 atom stereocenters. The molecule has 6 nitrogen and oxygen atoms in total. The maximum atomic E-state index is 11.8. The molecule has 0 aliphatic carbocycles. The van der Waals surface area contributed by atoms with E-state index in [2.05, 4.69) is 39.5 Å². The lowest BCUT2D eigenvalue weighted by atomic mass is 9.83. The number of fused-ring (bicyclic) bond motifs is 1. The van der Waals surface area contributed by atoms with Crippen LogP contribution in [0.25, 0.3) is 10.9 Å². The van der Waals surface area contributed by atoms with Crippen LogP contribution in [0, 0.1) is 0 Å². The van der Waals surface area contributed by atoms with Gasteiger partial charge in [0.2, 0.25) is 11.8 Å². The Morgan fingerprint density at radius 3 is 2.71 bits per heavy atom. The van der Waals surface area contributed by atoms with Crippen molar-refractivity contribution in [2.24, 2.45) is 0 Å². The molecule has 2 aliphatic heterocycles. The lowest BCUT2D eigenvalue weighted by Crippen LogP contribution is -2.52. The molecule has 2 saturated heterocycles. The Morgan fingerprint density at radius 1 is 1.21 bits per heavy atom. The second-order valence-electron chi connectivity index (χ2n) is 8.24. The Hall–Kier alpha value is -2.47. The molecule has 148 valence electrons. The summed E-state index contributed by atoms with van der Waals surface area (Å²) >= 11 is 0. The van der Waals surface area contributed by atoms with E-state index >= 15 is 0 Å². The first-order valence-electron chi connectivity index (χ1n) is 10.1. The highest BCUT2D eigenvalue weighted by Gasteiger charge is 2.47. The van der Waals surface area contributed by atoms with Gasteiger partial charge in [0.1, 0.15) is 0 Å². The van der Waals surface area contributed by atoms with Gasteiger partial charge in [-0.2, -0.15) is 0 Å². The molecule has 1 aromatic heterocycles. The first kappa shape index (κ1) is 18.9. The summed E-state index contributed by atoms with van der Waals surface area (Å²) in [5, 5.41) is 4.27. The fourth-order valence-corrected chi connectivity index (χ4v) is 4.93. The lowest BCUT2D eigenvalue weighted by molar-refractivity contribution is -0.131. The lowest BCUT2D eigenvalue weighted by Gasteiger charge is -2.45. The number of piperidine rings is 1. The minimum absolute atomic E-state index is 0.0277. The standard InChI is InChI=1S/C22H28N4O2/c1-16(27)24-20-13-22(7-10-25(11-8-22)17(2)28)26(15-20)14-18-5-6-21-19(12-18)4-3-9-23-21/h3-6,9,12,20H,7-8,10-11,13-15H2,1-2H3,(H,24,27)/t20-/m1/s1. The molecule has 1 N–H and O–H groups in total. The van der Waals surface area contributed by atoms with Gasteiger partial charge in [-0.3, -0.25) is 19.5 Å². The van der Waals surface area contributed by atoms with E-state index in [-0.39, 0.29) is 23.4 Å². The number of benzene rings is 1. The van der Waals surface area contributed by atoms with Gasteiger partial charge < -0.3 is 10.2 Å². The smallest absolute Gasteiger partial charge is 0.219 e. The maximum absolute atomic E-state index is 11.8. The average Bonchev–Trinajstić information content (AvgIpc) is 2.97. The Balaban J connectivity index is 1.56. The van der Waals surface area contributed by atoms with Crippen molar-refractivity contribution in [1.29, 1.82) is 0 Å². The summed E-state index contributed by atoms with van der Waals surface area (Å²) in [6.07, 6.45) is 4.68. The second kappa shape index (κ2) is 7.51. The fraction of sp³-hybridized carbons (Fsp3) is 0.500. The Labute approximate surface area is 165 Å². The zero-order valence-corrected chi connectivity index (χ0v) is 16.6. The Bertz CT molecular complexity index is 889. The molecule has 0 radical (unpaired) electrons. The van der Waals surface area contributed by atoms with Crippen molar-refractivity contribution in [3.05, 3.63) is 42.1 Å². The van der Waals surface area contributed by atoms with Gasteiger partial charge in [-0.15, -0.1) is 0 Å². The molecule has 2 aliphatic rings. The molecule has 0 unspecified atom stereocenters. The number of nitrogens with one attached hydrogen (secondary N) is 1. The second-order valence-corrected chi connectivity index (χ2v) is 8.24. The molecular formula is C22H28N4O2. The zero-order valence-electron chi connectivity index (χ0n) is 16.6. The highest BCUT2D eigenvalue weighted by atomic mass is 16.2. The van der Waals surface area contributed by atoms with E-state index in [0.29, 0.717) is 0 Å². The van der Waals surface area contributed by atoms with Crippen LogP contribution < -0.4 is 5.32 Å². The maximum Gasteiger partial charge on any atom is 0.219 e. The van der Waals surface area contributed by atoms with Gasteiger partial charge in [-0.05, 0) is 43.0 Å². The zero-order chi connectivity index (χ0) is 19.7. The number of carbonyl (C=O) groups excluding carboxylic acids is 2. The van der Waals surface area contributed by atoms with Crippen LogP contribution in [0.5, 0.6) is 0 Å². The third-order valence-corrected chi connectivity index (χ3v) is 6.33. The number of aromatic nitrogens is 1. The molecule has 28 heavy (non-hydrogen) atoms. The molecule has 0 saturated carbocycles. The van der Waals surface area contributed by atoms with Crippen LogP contribution in [0.15, 0.2) is 36.5 Å². The van der Waals surface area contributed by atoms with Gasteiger partial charge in [-0.1, -0.05) is 12.1 Å². The van der Waals surface area contributed by atoms with Gasteiger partial charge >= 0.3 is 0 Å². The van der Waals surface area contributed by atoms with E-state index in [1.54, 1.807) is 13.8 Å². The van der Waals surface area contributed by atoms with Crippen LogP contribution in [0.1, 0.15) is 38.7 Å². The number of likely N-dealkylation sites (tertiary alicyclic amines) is 2.